The third-order valence-corrected chi connectivity index (χ3v) is 6.34. The number of hydrogen-bond donors (Lipinski definition) is 0. The molecule has 1 aliphatic heterocycles. The van der Waals surface area contributed by atoms with Gasteiger partial charge in [0.2, 0.25) is 0 Å². The van der Waals surface area contributed by atoms with Crippen LogP contribution in [-0.4, -0.2) is 48.6 Å². The highest BCUT2D eigenvalue weighted by atomic mass is 32.1. The number of unbranched alkanes of at least 4 members (excludes halogenated alkanes) is 2. The summed E-state index contributed by atoms with van der Waals surface area (Å²) in [4.78, 5) is 21.8. The second-order valence-electron chi connectivity index (χ2n) is 7.32. The van der Waals surface area contributed by atoms with Crippen LogP contribution in [0.3, 0.4) is 0 Å². The molecule has 152 valence electrons. The Balaban J connectivity index is 1.31. The van der Waals surface area contributed by atoms with Crippen LogP contribution < -0.4 is 9.64 Å². The molecule has 5 nitrogen and oxygen atoms in total. The number of ether oxygens (including phenoxy) is 1. The number of anilines is 1. The Labute approximate surface area is 175 Å². The minimum Gasteiger partial charge on any atom is -0.494 e. The number of piperazine rings is 1. The number of nitrogens with zero attached hydrogens (tertiary/aromatic N) is 3. The van der Waals surface area contributed by atoms with E-state index in [-0.39, 0.29) is 5.91 Å². The zero-order valence-corrected chi connectivity index (χ0v) is 17.7. The van der Waals surface area contributed by atoms with Crippen molar-refractivity contribution in [3.8, 4) is 5.75 Å². The first-order valence-corrected chi connectivity index (χ1v) is 11.2. The van der Waals surface area contributed by atoms with E-state index >= 15 is 0 Å². The second-order valence-corrected chi connectivity index (χ2v) is 8.33. The quantitative estimate of drug-likeness (QED) is 0.525. The van der Waals surface area contributed by atoms with E-state index in [0.29, 0.717) is 13.1 Å². The van der Waals surface area contributed by atoms with Gasteiger partial charge in [-0.05, 0) is 42.8 Å². The van der Waals surface area contributed by atoms with Crippen LogP contribution in [-0.2, 0) is 0 Å². The maximum atomic E-state index is 12.8. The molecule has 0 bridgehead atoms. The fraction of sp³-hybridized carbons (Fsp3) is 0.391. The number of benzene rings is 2. The Bertz CT molecular complexity index is 913. The molecule has 3 aromatic rings. The van der Waals surface area contributed by atoms with Gasteiger partial charge in [0.1, 0.15) is 5.75 Å². The molecule has 0 aliphatic carbocycles. The molecule has 0 spiro atoms. The number of carbonyl (C=O) groups is 1. The molecule has 1 amide bonds. The Morgan fingerprint density at radius 3 is 2.52 bits per heavy atom. The van der Waals surface area contributed by atoms with Gasteiger partial charge in [0, 0.05) is 31.7 Å². The largest absolute Gasteiger partial charge is 0.494 e. The van der Waals surface area contributed by atoms with Gasteiger partial charge in [0.05, 0.1) is 16.8 Å². The van der Waals surface area contributed by atoms with Crippen LogP contribution in [0.4, 0.5) is 5.13 Å². The molecule has 0 saturated carbocycles. The van der Waals surface area contributed by atoms with Crippen molar-refractivity contribution in [3.63, 3.8) is 0 Å². The Hall–Kier alpha value is -2.60. The smallest absolute Gasteiger partial charge is 0.253 e. The lowest BCUT2D eigenvalue weighted by Crippen LogP contribution is -2.48. The van der Waals surface area contributed by atoms with Crippen molar-refractivity contribution in [1.82, 2.24) is 9.88 Å². The van der Waals surface area contributed by atoms with Crippen LogP contribution in [0.25, 0.3) is 10.2 Å². The van der Waals surface area contributed by atoms with Crippen LogP contribution in [0.15, 0.2) is 48.5 Å². The summed E-state index contributed by atoms with van der Waals surface area (Å²) in [5.74, 6) is 0.921. The average Bonchev–Trinajstić information content (AvgIpc) is 3.21. The highest BCUT2D eigenvalue weighted by molar-refractivity contribution is 7.22. The molecule has 0 radical (unpaired) electrons. The lowest BCUT2D eigenvalue weighted by molar-refractivity contribution is 0.0746. The molecule has 2 heterocycles. The van der Waals surface area contributed by atoms with Crippen molar-refractivity contribution in [3.05, 3.63) is 54.1 Å². The molecule has 4 rings (SSSR count). The van der Waals surface area contributed by atoms with Crippen molar-refractivity contribution >= 4 is 32.6 Å². The summed E-state index contributed by atoms with van der Waals surface area (Å²) in [5.41, 5.74) is 1.77. The van der Waals surface area contributed by atoms with Crippen molar-refractivity contribution in [2.24, 2.45) is 0 Å². The van der Waals surface area contributed by atoms with Gasteiger partial charge in [-0.1, -0.05) is 43.2 Å². The van der Waals surface area contributed by atoms with Gasteiger partial charge in [-0.25, -0.2) is 4.98 Å². The van der Waals surface area contributed by atoms with E-state index in [2.05, 4.69) is 17.9 Å². The second kappa shape index (κ2) is 9.27. The molecule has 1 aliphatic rings. The molecule has 1 aromatic heterocycles. The predicted molar refractivity (Wildman–Crippen MR) is 119 cm³/mol. The highest BCUT2D eigenvalue weighted by Gasteiger charge is 2.24. The van der Waals surface area contributed by atoms with Crippen molar-refractivity contribution < 1.29 is 9.53 Å². The van der Waals surface area contributed by atoms with Gasteiger partial charge in [-0.3, -0.25) is 4.79 Å². The minimum atomic E-state index is 0.0893. The summed E-state index contributed by atoms with van der Waals surface area (Å²) in [6.07, 6.45) is 3.43. The average molecular weight is 410 g/mol. The number of hydrogen-bond acceptors (Lipinski definition) is 5. The molecule has 1 saturated heterocycles. The van der Waals surface area contributed by atoms with Gasteiger partial charge in [-0.2, -0.15) is 0 Å². The maximum Gasteiger partial charge on any atom is 0.253 e. The highest BCUT2D eigenvalue weighted by Crippen LogP contribution is 2.29. The van der Waals surface area contributed by atoms with E-state index < -0.39 is 0 Å². The monoisotopic (exact) mass is 409 g/mol. The van der Waals surface area contributed by atoms with Crippen LogP contribution in [0.2, 0.25) is 0 Å². The first-order valence-electron chi connectivity index (χ1n) is 10.4. The number of amides is 1. The van der Waals surface area contributed by atoms with E-state index in [0.717, 1.165) is 48.1 Å². The fourth-order valence-electron chi connectivity index (χ4n) is 3.51. The summed E-state index contributed by atoms with van der Waals surface area (Å²) in [7, 11) is 0. The number of aromatic nitrogens is 1. The molecule has 0 unspecified atom stereocenters. The summed E-state index contributed by atoms with van der Waals surface area (Å²) in [6.45, 7) is 5.95. The van der Waals surface area contributed by atoms with Gasteiger partial charge >= 0.3 is 0 Å². The van der Waals surface area contributed by atoms with Crippen LogP contribution in [0, 0.1) is 0 Å². The molecular weight excluding hydrogens is 382 g/mol. The number of carbonyl (C=O) groups excluding carboxylic acids is 1. The fourth-order valence-corrected chi connectivity index (χ4v) is 4.53. The van der Waals surface area contributed by atoms with E-state index in [1.165, 1.54) is 17.5 Å². The predicted octanol–water partition coefficient (Wildman–Crippen LogP) is 4.83. The number of para-hydroxylation sites is 1. The van der Waals surface area contributed by atoms with Crippen LogP contribution in [0.1, 0.15) is 36.5 Å². The first-order chi connectivity index (χ1) is 14.2. The minimum absolute atomic E-state index is 0.0893. The topological polar surface area (TPSA) is 45.7 Å². The standard InChI is InChI=1S/C23H27N3O2S/c1-2-3-6-17-28-19-11-9-18(10-12-19)22(27)25-13-15-26(16-14-25)23-24-20-7-4-5-8-21(20)29-23/h4-5,7-12H,2-3,6,13-17H2,1H3. The number of thiazole rings is 1. The summed E-state index contributed by atoms with van der Waals surface area (Å²) in [5, 5.41) is 1.04. The Kier molecular flexibility index (Phi) is 6.30. The van der Waals surface area contributed by atoms with Crippen molar-refractivity contribution in [1.29, 1.82) is 0 Å². The Morgan fingerprint density at radius 2 is 1.79 bits per heavy atom. The van der Waals surface area contributed by atoms with E-state index in [9.17, 15) is 4.79 Å². The van der Waals surface area contributed by atoms with E-state index in [4.69, 9.17) is 9.72 Å². The molecule has 29 heavy (non-hydrogen) atoms. The van der Waals surface area contributed by atoms with Gasteiger partial charge in [0.15, 0.2) is 5.13 Å². The van der Waals surface area contributed by atoms with E-state index in [1.54, 1.807) is 11.3 Å². The van der Waals surface area contributed by atoms with E-state index in [1.807, 2.05) is 47.4 Å². The van der Waals surface area contributed by atoms with Crippen molar-refractivity contribution in [2.75, 3.05) is 37.7 Å². The number of fused-ring (bicyclic) bond motifs is 1. The first kappa shape index (κ1) is 19.7. The lowest BCUT2D eigenvalue weighted by Gasteiger charge is -2.34. The normalized spacial score (nSPS) is 14.4. The number of rotatable bonds is 7. The summed E-state index contributed by atoms with van der Waals surface area (Å²) >= 11 is 1.72. The molecule has 2 aromatic carbocycles. The summed E-state index contributed by atoms with van der Waals surface area (Å²) in [6, 6.07) is 15.8. The van der Waals surface area contributed by atoms with Gasteiger partial charge < -0.3 is 14.5 Å². The third-order valence-electron chi connectivity index (χ3n) is 5.24. The zero-order valence-electron chi connectivity index (χ0n) is 16.8. The lowest BCUT2D eigenvalue weighted by atomic mass is 10.1. The molecule has 6 heteroatoms. The maximum absolute atomic E-state index is 12.8. The van der Waals surface area contributed by atoms with Gasteiger partial charge in [-0.15, -0.1) is 0 Å². The molecule has 0 N–H and O–H groups in total. The summed E-state index contributed by atoms with van der Waals surface area (Å²) < 4.78 is 6.95. The SMILES string of the molecule is CCCCCOc1ccc(C(=O)N2CCN(c3nc4ccccc4s3)CC2)cc1. The molecular formula is C23H27N3O2S. The zero-order chi connectivity index (χ0) is 20.1. The van der Waals surface area contributed by atoms with Crippen LogP contribution in [0.5, 0.6) is 5.75 Å². The van der Waals surface area contributed by atoms with Gasteiger partial charge in [0.25, 0.3) is 5.91 Å². The molecule has 0 atom stereocenters. The third kappa shape index (κ3) is 4.70. The van der Waals surface area contributed by atoms with Crippen LogP contribution >= 0.6 is 11.3 Å². The van der Waals surface area contributed by atoms with Crippen molar-refractivity contribution in [2.45, 2.75) is 26.2 Å². The molecule has 1 fully saturated rings. The Morgan fingerprint density at radius 1 is 1.03 bits per heavy atom.